The first-order valence-electron chi connectivity index (χ1n) is 4.74. The van der Waals surface area contributed by atoms with Gasteiger partial charge in [0.2, 0.25) is 0 Å². The lowest BCUT2D eigenvalue weighted by Gasteiger charge is -2.09. The van der Waals surface area contributed by atoms with Crippen molar-refractivity contribution in [1.82, 2.24) is 19.7 Å². The van der Waals surface area contributed by atoms with Crippen molar-refractivity contribution in [2.45, 2.75) is 19.9 Å². The van der Waals surface area contributed by atoms with Crippen molar-refractivity contribution in [2.24, 2.45) is 0 Å². The third-order valence-corrected chi connectivity index (χ3v) is 2.94. The topological polar surface area (TPSA) is 72.7 Å². The van der Waals surface area contributed by atoms with E-state index in [0.29, 0.717) is 5.13 Å². The summed E-state index contributed by atoms with van der Waals surface area (Å²) in [5.41, 5.74) is 0.897. The van der Waals surface area contributed by atoms with Gasteiger partial charge >= 0.3 is 0 Å². The first-order valence-corrected chi connectivity index (χ1v) is 5.62. The van der Waals surface area contributed by atoms with E-state index in [1.165, 1.54) is 28.7 Å². The van der Waals surface area contributed by atoms with Gasteiger partial charge in [-0.2, -0.15) is 5.10 Å². The predicted octanol–water partition coefficient (Wildman–Crippen LogP) is 1.24. The Hall–Kier alpha value is -1.76. The molecule has 2 aromatic rings. The molecule has 0 bridgehead atoms. The van der Waals surface area contributed by atoms with Gasteiger partial charge in [-0.05, 0) is 13.8 Å². The quantitative estimate of drug-likeness (QED) is 0.871. The van der Waals surface area contributed by atoms with Crippen LogP contribution in [-0.2, 0) is 4.79 Å². The summed E-state index contributed by atoms with van der Waals surface area (Å²) in [4.78, 5) is 19.7. The van der Waals surface area contributed by atoms with E-state index in [2.05, 4.69) is 20.4 Å². The summed E-state index contributed by atoms with van der Waals surface area (Å²) in [5.74, 6) is -0.153. The highest BCUT2D eigenvalue weighted by atomic mass is 32.1. The van der Waals surface area contributed by atoms with Crippen LogP contribution in [0.2, 0.25) is 0 Å². The van der Waals surface area contributed by atoms with Crippen LogP contribution in [0.4, 0.5) is 5.13 Å². The van der Waals surface area contributed by atoms with Gasteiger partial charge in [-0.15, -0.1) is 11.3 Å². The summed E-state index contributed by atoms with van der Waals surface area (Å²) in [6.45, 7) is 3.64. The molecule has 0 radical (unpaired) electrons. The highest BCUT2D eigenvalue weighted by Gasteiger charge is 2.16. The predicted molar refractivity (Wildman–Crippen MR) is 60.2 cm³/mol. The maximum absolute atomic E-state index is 11.8. The molecule has 6 nitrogen and oxygen atoms in total. The van der Waals surface area contributed by atoms with Gasteiger partial charge in [0.25, 0.3) is 5.91 Å². The fraction of sp³-hybridized carbons (Fsp3) is 0.333. The molecule has 0 aliphatic heterocycles. The number of carbonyl (C=O) groups is 1. The van der Waals surface area contributed by atoms with Crippen molar-refractivity contribution in [3.63, 3.8) is 0 Å². The Morgan fingerprint density at radius 2 is 2.44 bits per heavy atom. The number of carbonyl (C=O) groups excluding carboxylic acids is 1. The normalized spacial score (nSPS) is 12.4. The number of nitrogens with one attached hydrogen (secondary N) is 1. The van der Waals surface area contributed by atoms with Gasteiger partial charge in [0.1, 0.15) is 18.7 Å². The smallest absolute Gasteiger partial charge is 0.250 e. The van der Waals surface area contributed by atoms with Crippen LogP contribution in [0, 0.1) is 6.92 Å². The molecule has 1 N–H and O–H groups in total. The van der Waals surface area contributed by atoms with Gasteiger partial charge < -0.3 is 5.32 Å². The van der Waals surface area contributed by atoms with Crippen molar-refractivity contribution in [3.05, 3.63) is 23.7 Å². The average Bonchev–Trinajstić information content (AvgIpc) is 2.88. The zero-order valence-corrected chi connectivity index (χ0v) is 9.73. The van der Waals surface area contributed by atoms with Crippen molar-refractivity contribution < 1.29 is 4.79 Å². The molecule has 16 heavy (non-hydrogen) atoms. The molecule has 2 heterocycles. The minimum absolute atomic E-state index is 0.153. The molecular formula is C9H11N5OS. The van der Waals surface area contributed by atoms with Crippen LogP contribution in [-0.4, -0.2) is 25.7 Å². The van der Waals surface area contributed by atoms with Crippen LogP contribution in [0.15, 0.2) is 18.0 Å². The number of aromatic nitrogens is 4. The van der Waals surface area contributed by atoms with Crippen LogP contribution in [0.5, 0.6) is 0 Å². The number of nitrogens with zero attached hydrogens (tertiary/aromatic N) is 4. The SMILES string of the molecule is Cc1csc(NC(=O)[C@H](C)n2cncn2)n1. The van der Waals surface area contributed by atoms with Crippen molar-refractivity contribution in [2.75, 3.05) is 5.32 Å². The Morgan fingerprint density at radius 1 is 1.62 bits per heavy atom. The largest absolute Gasteiger partial charge is 0.300 e. The van der Waals surface area contributed by atoms with Gasteiger partial charge in [0, 0.05) is 5.38 Å². The summed E-state index contributed by atoms with van der Waals surface area (Å²) in [5, 5.41) is 9.13. The number of aryl methyl sites for hydroxylation is 1. The van der Waals surface area contributed by atoms with E-state index in [1.54, 1.807) is 6.92 Å². The third kappa shape index (κ3) is 2.25. The Bertz CT molecular complexity index is 478. The van der Waals surface area contributed by atoms with Crippen LogP contribution >= 0.6 is 11.3 Å². The fourth-order valence-corrected chi connectivity index (χ4v) is 1.85. The summed E-state index contributed by atoms with van der Waals surface area (Å²) >= 11 is 1.40. The first-order chi connectivity index (χ1) is 7.66. The lowest BCUT2D eigenvalue weighted by molar-refractivity contribution is -0.119. The summed E-state index contributed by atoms with van der Waals surface area (Å²) in [7, 11) is 0. The maximum Gasteiger partial charge on any atom is 0.250 e. The standard InChI is InChI=1S/C9H11N5OS/c1-6-3-16-9(12-6)13-8(15)7(2)14-5-10-4-11-14/h3-5,7H,1-2H3,(H,12,13,15)/t7-/m0/s1. The number of amides is 1. The number of hydrogen-bond acceptors (Lipinski definition) is 5. The third-order valence-electron chi connectivity index (χ3n) is 2.06. The zero-order chi connectivity index (χ0) is 11.5. The highest BCUT2D eigenvalue weighted by molar-refractivity contribution is 7.13. The Morgan fingerprint density at radius 3 is 3.00 bits per heavy atom. The monoisotopic (exact) mass is 237 g/mol. The molecule has 0 unspecified atom stereocenters. The van der Waals surface area contributed by atoms with E-state index >= 15 is 0 Å². The van der Waals surface area contributed by atoms with Crippen molar-refractivity contribution in [3.8, 4) is 0 Å². The van der Waals surface area contributed by atoms with Crippen LogP contribution in [0.3, 0.4) is 0 Å². The first kappa shape index (κ1) is 10.7. The molecule has 0 fully saturated rings. The molecule has 2 rings (SSSR count). The fourth-order valence-electron chi connectivity index (χ4n) is 1.16. The molecule has 0 aliphatic carbocycles. The molecular weight excluding hydrogens is 226 g/mol. The van der Waals surface area contributed by atoms with Gasteiger partial charge in [0.05, 0.1) is 5.69 Å². The Balaban J connectivity index is 2.03. The average molecular weight is 237 g/mol. The molecule has 2 aromatic heterocycles. The number of anilines is 1. The van der Waals surface area contributed by atoms with Crippen molar-refractivity contribution >= 4 is 22.4 Å². The van der Waals surface area contributed by atoms with E-state index in [4.69, 9.17) is 0 Å². The number of rotatable bonds is 3. The molecule has 1 amide bonds. The van der Waals surface area contributed by atoms with Crippen LogP contribution in [0.25, 0.3) is 0 Å². The van der Waals surface area contributed by atoms with Gasteiger partial charge in [-0.3, -0.25) is 4.79 Å². The van der Waals surface area contributed by atoms with Crippen molar-refractivity contribution in [1.29, 1.82) is 0 Å². The van der Waals surface area contributed by atoms with Gasteiger partial charge in [0.15, 0.2) is 5.13 Å². The minimum Gasteiger partial charge on any atom is -0.300 e. The van der Waals surface area contributed by atoms with E-state index < -0.39 is 6.04 Å². The van der Waals surface area contributed by atoms with Gasteiger partial charge in [-0.1, -0.05) is 0 Å². The molecule has 0 saturated carbocycles. The van der Waals surface area contributed by atoms with E-state index in [1.807, 2.05) is 12.3 Å². The van der Waals surface area contributed by atoms with E-state index in [-0.39, 0.29) is 5.91 Å². The maximum atomic E-state index is 11.8. The molecule has 0 saturated heterocycles. The minimum atomic E-state index is -0.397. The molecule has 7 heteroatoms. The Labute approximate surface area is 96.3 Å². The van der Waals surface area contributed by atoms with Crippen LogP contribution < -0.4 is 5.32 Å². The van der Waals surface area contributed by atoms with E-state index in [0.717, 1.165) is 5.69 Å². The molecule has 0 aliphatic rings. The summed E-state index contributed by atoms with van der Waals surface area (Å²) in [6.07, 6.45) is 2.91. The summed E-state index contributed by atoms with van der Waals surface area (Å²) in [6, 6.07) is -0.397. The second-order valence-electron chi connectivity index (χ2n) is 3.33. The molecule has 0 spiro atoms. The number of hydrogen-bond donors (Lipinski definition) is 1. The summed E-state index contributed by atoms with van der Waals surface area (Å²) < 4.78 is 1.50. The second-order valence-corrected chi connectivity index (χ2v) is 4.19. The molecule has 84 valence electrons. The van der Waals surface area contributed by atoms with E-state index in [9.17, 15) is 4.79 Å². The number of thiazole rings is 1. The Kier molecular flexibility index (Phi) is 2.95. The zero-order valence-electron chi connectivity index (χ0n) is 8.91. The lowest BCUT2D eigenvalue weighted by atomic mass is 10.3. The molecule has 0 aromatic carbocycles. The van der Waals surface area contributed by atoms with Crippen LogP contribution in [0.1, 0.15) is 18.7 Å². The highest BCUT2D eigenvalue weighted by Crippen LogP contribution is 2.16. The molecule has 1 atom stereocenters. The van der Waals surface area contributed by atoms with Gasteiger partial charge in [-0.25, -0.2) is 14.6 Å². The second kappa shape index (κ2) is 4.40. The lowest BCUT2D eigenvalue weighted by Crippen LogP contribution is -2.23.